The molecule has 1 aromatic rings. The lowest BCUT2D eigenvalue weighted by atomic mass is 9.94. The number of hydrogen-bond acceptors (Lipinski definition) is 1. The van der Waals surface area contributed by atoms with Gasteiger partial charge in [-0.05, 0) is 32.5 Å². The minimum atomic E-state index is -1.64. The molecular formula is C11H15F2N. The monoisotopic (exact) mass is 199 g/mol. The predicted molar refractivity (Wildman–Crippen MR) is 53.3 cm³/mol. The van der Waals surface area contributed by atoms with Crippen molar-refractivity contribution in [1.29, 1.82) is 0 Å². The van der Waals surface area contributed by atoms with Crippen LogP contribution in [0.5, 0.6) is 0 Å². The average Bonchev–Trinajstić information content (AvgIpc) is 2.02. The second-order valence-corrected chi connectivity index (χ2v) is 3.78. The molecule has 0 bridgehead atoms. The Morgan fingerprint density at radius 1 is 1.36 bits per heavy atom. The lowest BCUT2D eigenvalue weighted by molar-refractivity contribution is 0.212. The van der Waals surface area contributed by atoms with Crippen LogP contribution in [0.25, 0.3) is 0 Å². The van der Waals surface area contributed by atoms with Gasteiger partial charge in [0.05, 0.1) is 0 Å². The van der Waals surface area contributed by atoms with Crippen LogP contribution in [0, 0.1) is 5.82 Å². The Kier molecular flexibility index (Phi) is 3.21. The maximum absolute atomic E-state index is 13.7. The third kappa shape index (κ3) is 2.29. The fraction of sp³-hybridized carbons (Fsp3) is 0.455. The molecule has 0 radical (unpaired) electrons. The van der Waals surface area contributed by atoms with Gasteiger partial charge in [0, 0.05) is 12.1 Å². The molecule has 0 saturated carbocycles. The first-order chi connectivity index (χ1) is 6.46. The SMILES string of the molecule is CNCc1cccc(F)c1C(C)(C)F. The van der Waals surface area contributed by atoms with E-state index in [4.69, 9.17) is 0 Å². The van der Waals surface area contributed by atoms with E-state index in [0.29, 0.717) is 12.1 Å². The zero-order valence-corrected chi connectivity index (χ0v) is 8.70. The lowest BCUT2D eigenvalue weighted by Crippen LogP contribution is -2.18. The van der Waals surface area contributed by atoms with Gasteiger partial charge in [0.15, 0.2) is 0 Å². The standard InChI is InChI=1S/C11H15F2N/c1-11(2,13)10-8(7-14-3)5-4-6-9(10)12/h4-6,14H,7H2,1-3H3. The maximum Gasteiger partial charge on any atom is 0.133 e. The number of halogens is 2. The molecule has 0 unspecified atom stereocenters. The Hall–Kier alpha value is -0.960. The van der Waals surface area contributed by atoms with Crippen LogP contribution < -0.4 is 5.32 Å². The third-order valence-electron chi connectivity index (χ3n) is 2.06. The van der Waals surface area contributed by atoms with E-state index in [9.17, 15) is 8.78 Å². The number of rotatable bonds is 3. The van der Waals surface area contributed by atoms with Gasteiger partial charge in [-0.2, -0.15) is 0 Å². The van der Waals surface area contributed by atoms with Gasteiger partial charge < -0.3 is 5.32 Å². The molecule has 0 aliphatic heterocycles. The first kappa shape index (κ1) is 11.1. The van der Waals surface area contributed by atoms with Crippen molar-refractivity contribution in [3.05, 3.63) is 35.1 Å². The molecule has 78 valence electrons. The zero-order chi connectivity index (χ0) is 10.8. The quantitative estimate of drug-likeness (QED) is 0.789. The highest BCUT2D eigenvalue weighted by atomic mass is 19.1. The first-order valence-corrected chi connectivity index (χ1v) is 4.58. The van der Waals surface area contributed by atoms with E-state index in [1.54, 1.807) is 19.2 Å². The molecule has 0 spiro atoms. The largest absolute Gasteiger partial charge is 0.316 e. The van der Waals surface area contributed by atoms with Crippen molar-refractivity contribution in [1.82, 2.24) is 5.32 Å². The van der Waals surface area contributed by atoms with Gasteiger partial charge in [0.2, 0.25) is 0 Å². The molecule has 3 heteroatoms. The molecule has 0 saturated heterocycles. The van der Waals surface area contributed by atoms with Crippen molar-refractivity contribution in [2.45, 2.75) is 26.1 Å². The fourth-order valence-electron chi connectivity index (χ4n) is 1.57. The highest BCUT2D eigenvalue weighted by molar-refractivity contribution is 5.33. The van der Waals surface area contributed by atoms with Crippen LogP contribution in [-0.4, -0.2) is 7.05 Å². The normalized spacial score (nSPS) is 11.8. The van der Waals surface area contributed by atoms with Crippen LogP contribution in [0.2, 0.25) is 0 Å². The van der Waals surface area contributed by atoms with Crippen molar-refractivity contribution < 1.29 is 8.78 Å². The molecule has 0 aliphatic carbocycles. The Morgan fingerprint density at radius 3 is 2.50 bits per heavy atom. The number of hydrogen-bond donors (Lipinski definition) is 1. The summed E-state index contributed by atoms with van der Waals surface area (Å²) >= 11 is 0. The summed E-state index contributed by atoms with van der Waals surface area (Å²) in [6.07, 6.45) is 0. The molecule has 1 rings (SSSR count). The van der Waals surface area contributed by atoms with Crippen molar-refractivity contribution >= 4 is 0 Å². The summed E-state index contributed by atoms with van der Waals surface area (Å²) in [7, 11) is 1.75. The summed E-state index contributed by atoms with van der Waals surface area (Å²) < 4.78 is 27.1. The van der Waals surface area contributed by atoms with E-state index in [1.807, 2.05) is 0 Å². The second kappa shape index (κ2) is 4.05. The maximum atomic E-state index is 13.7. The van der Waals surface area contributed by atoms with Crippen molar-refractivity contribution in [3.63, 3.8) is 0 Å². The van der Waals surface area contributed by atoms with Crippen molar-refractivity contribution in [2.75, 3.05) is 7.05 Å². The van der Waals surface area contributed by atoms with E-state index in [2.05, 4.69) is 5.32 Å². The smallest absolute Gasteiger partial charge is 0.133 e. The van der Waals surface area contributed by atoms with Crippen LogP contribution in [0.1, 0.15) is 25.0 Å². The second-order valence-electron chi connectivity index (χ2n) is 3.78. The van der Waals surface area contributed by atoms with Crippen LogP contribution >= 0.6 is 0 Å². The molecule has 0 aliphatic rings. The van der Waals surface area contributed by atoms with Crippen molar-refractivity contribution in [2.24, 2.45) is 0 Å². The molecule has 0 atom stereocenters. The minimum absolute atomic E-state index is 0.148. The summed E-state index contributed by atoms with van der Waals surface area (Å²) in [6, 6.07) is 4.61. The topological polar surface area (TPSA) is 12.0 Å². The molecule has 1 aromatic carbocycles. The van der Waals surface area contributed by atoms with Gasteiger partial charge in [0.1, 0.15) is 11.5 Å². The van der Waals surface area contributed by atoms with Crippen LogP contribution in [0.15, 0.2) is 18.2 Å². The first-order valence-electron chi connectivity index (χ1n) is 4.58. The van der Waals surface area contributed by atoms with Crippen LogP contribution in [0.3, 0.4) is 0 Å². The predicted octanol–water partition coefficient (Wildman–Crippen LogP) is 2.75. The van der Waals surface area contributed by atoms with E-state index < -0.39 is 11.5 Å². The summed E-state index contributed by atoms with van der Waals surface area (Å²) in [5.74, 6) is -0.481. The molecule has 1 N–H and O–H groups in total. The van der Waals surface area contributed by atoms with Gasteiger partial charge in [-0.1, -0.05) is 12.1 Å². The third-order valence-corrected chi connectivity index (χ3v) is 2.06. The summed E-state index contributed by atoms with van der Waals surface area (Å²) in [5, 5.41) is 2.89. The Morgan fingerprint density at radius 2 is 2.00 bits per heavy atom. The number of alkyl halides is 1. The fourth-order valence-corrected chi connectivity index (χ4v) is 1.57. The Labute approximate surface area is 83.1 Å². The van der Waals surface area contributed by atoms with Gasteiger partial charge in [-0.3, -0.25) is 0 Å². The highest BCUT2D eigenvalue weighted by Gasteiger charge is 2.25. The lowest BCUT2D eigenvalue weighted by Gasteiger charge is -2.19. The summed E-state index contributed by atoms with van der Waals surface area (Å²) in [6.45, 7) is 3.20. The Balaban J connectivity index is 3.22. The minimum Gasteiger partial charge on any atom is -0.316 e. The summed E-state index contributed by atoms with van der Waals surface area (Å²) in [5.41, 5.74) is -0.827. The van der Waals surface area contributed by atoms with Gasteiger partial charge in [-0.15, -0.1) is 0 Å². The summed E-state index contributed by atoms with van der Waals surface area (Å²) in [4.78, 5) is 0. The molecule has 14 heavy (non-hydrogen) atoms. The van der Waals surface area contributed by atoms with Gasteiger partial charge in [-0.25, -0.2) is 8.78 Å². The van der Waals surface area contributed by atoms with Crippen LogP contribution in [-0.2, 0) is 12.2 Å². The average molecular weight is 199 g/mol. The molecular weight excluding hydrogens is 184 g/mol. The number of benzene rings is 1. The molecule has 0 heterocycles. The van der Waals surface area contributed by atoms with E-state index in [-0.39, 0.29) is 5.56 Å². The van der Waals surface area contributed by atoms with Gasteiger partial charge in [0.25, 0.3) is 0 Å². The molecule has 0 amide bonds. The highest BCUT2D eigenvalue weighted by Crippen LogP contribution is 2.30. The number of nitrogens with one attached hydrogen (secondary N) is 1. The van der Waals surface area contributed by atoms with Gasteiger partial charge >= 0.3 is 0 Å². The Bertz CT molecular complexity index is 316. The van der Waals surface area contributed by atoms with E-state index >= 15 is 0 Å². The molecule has 0 aromatic heterocycles. The van der Waals surface area contributed by atoms with E-state index in [1.165, 1.54) is 19.9 Å². The van der Waals surface area contributed by atoms with Crippen LogP contribution in [0.4, 0.5) is 8.78 Å². The molecule has 0 fully saturated rings. The molecule has 1 nitrogen and oxygen atoms in total. The van der Waals surface area contributed by atoms with E-state index in [0.717, 1.165) is 0 Å². The van der Waals surface area contributed by atoms with Crippen molar-refractivity contribution in [3.8, 4) is 0 Å². The zero-order valence-electron chi connectivity index (χ0n) is 8.70.